The Morgan fingerprint density at radius 2 is 1.74 bits per heavy atom. The van der Waals surface area contributed by atoms with Crippen molar-refractivity contribution in [2.24, 2.45) is 5.92 Å². The number of fused-ring (bicyclic) bond motifs is 1. The van der Waals surface area contributed by atoms with E-state index in [2.05, 4.69) is 48.0 Å². The van der Waals surface area contributed by atoms with Gasteiger partial charge in [-0.3, -0.25) is 0 Å². The summed E-state index contributed by atoms with van der Waals surface area (Å²) in [7, 11) is 6.08. The predicted octanol–water partition coefficient (Wildman–Crippen LogP) is 4.10. The molecule has 8 nitrogen and oxygen atoms in total. The molecule has 4 rings (SSSR count). The highest BCUT2D eigenvalue weighted by atomic mass is 16.5. The minimum atomic E-state index is 0.408. The third-order valence-corrected chi connectivity index (χ3v) is 7.21. The van der Waals surface area contributed by atoms with E-state index in [1.54, 1.807) is 7.11 Å². The van der Waals surface area contributed by atoms with Crippen molar-refractivity contribution < 1.29 is 9.47 Å². The third-order valence-electron chi connectivity index (χ3n) is 7.21. The van der Waals surface area contributed by atoms with Crippen LogP contribution in [0.5, 0.6) is 11.5 Å². The Hall–Kier alpha value is -2.32. The first-order chi connectivity index (χ1) is 16.9. The van der Waals surface area contributed by atoms with Gasteiger partial charge in [-0.25, -0.2) is 4.98 Å². The maximum Gasteiger partial charge on any atom is 0.227 e. The topological polar surface area (TPSA) is 66.0 Å². The van der Waals surface area contributed by atoms with Gasteiger partial charge in [-0.2, -0.15) is 4.98 Å². The Morgan fingerprint density at radius 1 is 0.971 bits per heavy atom. The molecule has 2 aromatic rings. The van der Waals surface area contributed by atoms with Crippen molar-refractivity contribution in [3.05, 3.63) is 12.1 Å². The second-order valence-corrected chi connectivity index (χ2v) is 10.6. The standard InChI is InChI=1S/C27H44N6O2/c1-20(2)8-6-17-35-25-19-23-22(18-24(25)34-5)26(28-21-9-13-32(4)14-10-21)30-27(29-23)33-12-7-11-31(3)15-16-33/h18-21H,6-17H2,1-5H3,(H,28,29,30). The summed E-state index contributed by atoms with van der Waals surface area (Å²) in [5.74, 6) is 3.88. The van der Waals surface area contributed by atoms with Crippen LogP contribution in [0.4, 0.5) is 11.8 Å². The zero-order valence-corrected chi connectivity index (χ0v) is 22.3. The number of likely N-dealkylation sites (N-methyl/N-ethyl adjacent to an activating group) is 1. The molecule has 1 aromatic heterocycles. The number of nitrogens with one attached hydrogen (secondary N) is 1. The van der Waals surface area contributed by atoms with Crippen LogP contribution in [0.1, 0.15) is 46.0 Å². The Bertz CT molecular complexity index is 960. The number of piperidine rings is 1. The highest BCUT2D eigenvalue weighted by Crippen LogP contribution is 2.36. The van der Waals surface area contributed by atoms with E-state index in [1.165, 1.54) is 0 Å². The molecule has 194 valence electrons. The number of anilines is 2. The maximum absolute atomic E-state index is 6.18. The highest BCUT2D eigenvalue weighted by Gasteiger charge is 2.22. The molecular formula is C27H44N6O2. The number of hydrogen-bond donors (Lipinski definition) is 1. The van der Waals surface area contributed by atoms with E-state index >= 15 is 0 Å². The van der Waals surface area contributed by atoms with Crippen LogP contribution in [-0.2, 0) is 0 Å². The summed E-state index contributed by atoms with van der Waals surface area (Å²) in [5.41, 5.74) is 0.905. The summed E-state index contributed by atoms with van der Waals surface area (Å²) in [6.45, 7) is 11.4. The van der Waals surface area contributed by atoms with Crippen molar-refractivity contribution >= 4 is 22.7 Å². The van der Waals surface area contributed by atoms with Crippen LogP contribution in [0.3, 0.4) is 0 Å². The summed E-state index contributed by atoms with van der Waals surface area (Å²) >= 11 is 0. The van der Waals surface area contributed by atoms with E-state index in [-0.39, 0.29) is 0 Å². The fourth-order valence-corrected chi connectivity index (χ4v) is 4.91. The lowest BCUT2D eigenvalue weighted by Crippen LogP contribution is -2.37. The zero-order chi connectivity index (χ0) is 24.8. The molecule has 2 aliphatic heterocycles. The number of hydrogen-bond acceptors (Lipinski definition) is 8. The fraction of sp³-hybridized carbons (Fsp3) is 0.704. The minimum Gasteiger partial charge on any atom is -0.493 e. The van der Waals surface area contributed by atoms with E-state index in [0.717, 1.165) is 106 Å². The second-order valence-electron chi connectivity index (χ2n) is 10.6. The molecule has 0 amide bonds. The number of likely N-dealkylation sites (tertiary alicyclic amines) is 1. The number of rotatable bonds is 9. The summed E-state index contributed by atoms with van der Waals surface area (Å²) in [4.78, 5) is 17.2. The van der Waals surface area contributed by atoms with Gasteiger partial charge in [0.1, 0.15) is 5.82 Å². The summed E-state index contributed by atoms with van der Waals surface area (Å²) in [6.07, 6.45) is 5.51. The van der Waals surface area contributed by atoms with Gasteiger partial charge in [-0.05, 0) is 77.8 Å². The Morgan fingerprint density at radius 3 is 2.49 bits per heavy atom. The Kier molecular flexibility index (Phi) is 8.89. The van der Waals surface area contributed by atoms with Crippen LogP contribution in [0, 0.1) is 5.92 Å². The summed E-state index contributed by atoms with van der Waals surface area (Å²) < 4.78 is 11.9. The van der Waals surface area contributed by atoms with Crippen molar-refractivity contribution in [1.29, 1.82) is 0 Å². The van der Waals surface area contributed by atoms with Crippen molar-refractivity contribution in [2.45, 2.75) is 52.0 Å². The van der Waals surface area contributed by atoms with Crippen LogP contribution in [-0.4, -0.2) is 92.9 Å². The van der Waals surface area contributed by atoms with Crippen LogP contribution in [0.25, 0.3) is 10.9 Å². The molecule has 35 heavy (non-hydrogen) atoms. The van der Waals surface area contributed by atoms with Gasteiger partial charge in [0, 0.05) is 37.1 Å². The van der Waals surface area contributed by atoms with Crippen LogP contribution in [0.15, 0.2) is 12.1 Å². The smallest absolute Gasteiger partial charge is 0.227 e. The molecule has 2 fully saturated rings. The molecule has 2 aliphatic rings. The van der Waals surface area contributed by atoms with Gasteiger partial charge in [0.05, 0.1) is 19.2 Å². The van der Waals surface area contributed by atoms with Gasteiger partial charge in [0.15, 0.2) is 11.5 Å². The van der Waals surface area contributed by atoms with E-state index in [0.29, 0.717) is 18.6 Å². The summed E-state index contributed by atoms with van der Waals surface area (Å²) in [5, 5.41) is 4.76. The van der Waals surface area contributed by atoms with Crippen LogP contribution in [0.2, 0.25) is 0 Å². The molecule has 0 spiro atoms. The largest absolute Gasteiger partial charge is 0.493 e. The molecule has 0 radical (unpaired) electrons. The molecule has 8 heteroatoms. The lowest BCUT2D eigenvalue weighted by Gasteiger charge is -2.30. The van der Waals surface area contributed by atoms with Gasteiger partial charge in [0.25, 0.3) is 0 Å². The molecule has 0 aliphatic carbocycles. The number of benzene rings is 1. The van der Waals surface area contributed by atoms with Gasteiger partial charge in [0.2, 0.25) is 5.95 Å². The second kappa shape index (κ2) is 12.1. The van der Waals surface area contributed by atoms with Crippen molar-refractivity contribution in [3.63, 3.8) is 0 Å². The van der Waals surface area contributed by atoms with Gasteiger partial charge >= 0.3 is 0 Å². The first-order valence-electron chi connectivity index (χ1n) is 13.3. The highest BCUT2D eigenvalue weighted by molar-refractivity contribution is 5.93. The number of methoxy groups -OCH3 is 1. The molecule has 1 N–H and O–H groups in total. The molecule has 3 heterocycles. The van der Waals surface area contributed by atoms with Crippen molar-refractivity contribution in [2.75, 3.05) is 77.3 Å². The number of nitrogens with zero attached hydrogens (tertiary/aromatic N) is 5. The molecule has 0 saturated carbocycles. The van der Waals surface area contributed by atoms with Crippen molar-refractivity contribution in [3.8, 4) is 11.5 Å². The molecule has 2 saturated heterocycles. The van der Waals surface area contributed by atoms with Crippen LogP contribution < -0.4 is 19.7 Å². The van der Waals surface area contributed by atoms with E-state index < -0.39 is 0 Å². The predicted molar refractivity (Wildman–Crippen MR) is 144 cm³/mol. The molecule has 0 atom stereocenters. The van der Waals surface area contributed by atoms with Gasteiger partial charge in [-0.15, -0.1) is 0 Å². The zero-order valence-electron chi connectivity index (χ0n) is 22.3. The SMILES string of the molecule is COc1cc2c(NC3CCN(C)CC3)nc(N3CCCN(C)CC3)nc2cc1OCCCC(C)C. The lowest BCUT2D eigenvalue weighted by molar-refractivity contribution is 0.263. The van der Waals surface area contributed by atoms with E-state index in [9.17, 15) is 0 Å². The normalized spacial score (nSPS) is 18.7. The third kappa shape index (κ3) is 6.88. The molecule has 0 unspecified atom stereocenters. The molecular weight excluding hydrogens is 440 g/mol. The van der Waals surface area contributed by atoms with E-state index in [4.69, 9.17) is 19.4 Å². The Balaban J connectivity index is 1.66. The first-order valence-corrected chi connectivity index (χ1v) is 13.3. The van der Waals surface area contributed by atoms with E-state index in [1.807, 2.05) is 12.1 Å². The average molecular weight is 485 g/mol. The maximum atomic E-state index is 6.18. The fourth-order valence-electron chi connectivity index (χ4n) is 4.91. The summed E-state index contributed by atoms with van der Waals surface area (Å²) in [6, 6.07) is 4.49. The minimum absolute atomic E-state index is 0.408. The monoisotopic (exact) mass is 484 g/mol. The molecule has 0 bridgehead atoms. The van der Waals surface area contributed by atoms with Gasteiger partial charge in [-0.1, -0.05) is 13.8 Å². The van der Waals surface area contributed by atoms with Gasteiger partial charge < -0.3 is 29.5 Å². The number of aromatic nitrogens is 2. The Labute approximate surface area is 211 Å². The number of ether oxygens (including phenoxy) is 2. The first kappa shape index (κ1) is 25.8. The van der Waals surface area contributed by atoms with Crippen LogP contribution >= 0.6 is 0 Å². The van der Waals surface area contributed by atoms with Crippen molar-refractivity contribution in [1.82, 2.24) is 19.8 Å². The quantitative estimate of drug-likeness (QED) is 0.534. The average Bonchev–Trinajstić information content (AvgIpc) is 3.07. The molecule has 1 aromatic carbocycles. The lowest BCUT2D eigenvalue weighted by atomic mass is 10.1.